The summed E-state index contributed by atoms with van der Waals surface area (Å²) < 4.78 is 4.34. The number of para-hydroxylation sites is 1. The lowest BCUT2D eigenvalue weighted by Gasteiger charge is -2.22. The van der Waals surface area contributed by atoms with Crippen LogP contribution >= 0.6 is 12.2 Å². The highest BCUT2D eigenvalue weighted by Gasteiger charge is 2.17. The summed E-state index contributed by atoms with van der Waals surface area (Å²) >= 11 is 5.58. The molecule has 0 atom stereocenters. The first-order valence-corrected chi connectivity index (χ1v) is 8.00. The summed E-state index contributed by atoms with van der Waals surface area (Å²) in [6, 6.07) is 6.22. The van der Waals surface area contributed by atoms with Crippen molar-refractivity contribution in [3.05, 3.63) is 34.1 Å². The zero-order valence-corrected chi connectivity index (χ0v) is 13.5. The van der Waals surface area contributed by atoms with E-state index in [0.717, 1.165) is 12.4 Å². The highest BCUT2D eigenvalue weighted by atomic mass is 32.1. The maximum Gasteiger partial charge on any atom is 0.225 e. The third-order valence-corrected chi connectivity index (χ3v) is 4.61. The average Bonchev–Trinajstić information content (AvgIpc) is 2.82. The molecular weight excluding hydrogens is 282 g/mol. The number of quaternary nitrogens is 1. The van der Waals surface area contributed by atoms with Gasteiger partial charge in [-0.15, -0.1) is 0 Å². The molecule has 2 aromatic rings. The number of aromatic nitrogens is 4. The van der Waals surface area contributed by atoms with Crippen molar-refractivity contribution in [2.75, 3.05) is 13.1 Å². The number of piperidine rings is 1. The zero-order valence-electron chi connectivity index (χ0n) is 12.7. The Morgan fingerprint density at radius 1 is 1.10 bits per heavy atom. The number of nitrogens with zero attached hydrogens (tertiary/aromatic N) is 4. The van der Waals surface area contributed by atoms with Crippen LogP contribution in [0.25, 0.3) is 5.69 Å². The minimum absolute atomic E-state index is 0.686. The molecule has 21 heavy (non-hydrogen) atoms. The van der Waals surface area contributed by atoms with Gasteiger partial charge < -0.3 is 4.90 Å². The molecule has 1 aromatic carbocycles. The number of nitrogens with one attached hydrogen (secondary N) is 1. The standard InChI is InChI=1S/C15H21N5S/c1-12-7-6-8-13(2)14(12)20-15(21)19(16-17-20)11-18-9-4-3-5-10-18/h6-8H,3-5,9-11H2,1-2H3/p+1. The molecule has 1 N–H and O–H groups in total. The Labute approximate surface area is 130 Å². The van der Waals surface area contributed by atoms with E-state index in [0.29, 0.717) is 4.77 Å². The SMILES string of the molecule is Cc1cccc(C)c1-n1nnn(C[NH+]2CCCCC2)c1=S. The van der Waals surface area contributed by atoms with Crippen molar-refractivity contribution >= 4 is 12.2 Å². The molecule has 0 saturated carbocycles. The van der Waals surface area contributed by atoms with Crippen molar-refractivity contribution < 1.29 is 4.90 Å². The predicted octanol–water partition coefficient (Wildman–Crippen LogP) is 1.44. The second kappa shape index (κ2) is 6.07. The summed E-state index contributed by atoms with van der Waals surface area (Å²) in [5.74, 6) is 0. The lowest BCUT2D eigenvalue weighted by Crippen LogP contribution is -3.12. The number of rotatable bonds is 3. The Morgan fingerprint density at radius 3 is 2.43 bits per heavy atom. The third kappa shape index (κ3) is 2.91. The maximum atomic E-state index is 5.58. The van der Waals surface area contributed by atoms with E-state index in [-0.39, 0.29) is 0 Å². The largest absolute Gasteiger partial charge is 0.316 e. The van der Waals surface area contributed by atoms with Crippen molar-refractivity contribution in [3.63, 3.8) is 0 Å². The predicted molar refractivity (Wildman–Crippen MR) is 84.2 cm³/mol. The van der Waals surface area contributed by atoms with Gasteiger partial charge in [-0.05, 0) is 66.9 Å². The fraction of sp³-hybridized carbons (Fsp3) is 0.533. The van der Waals surface area contributed by atoms with Crippen molar-refractivity contribution in [1.29, 1.82) is 0 Å². The molecule has 0 bridgehead atoms. The van der Waals surface area contributed by atoms with Crippen LogP contribution in [0, 0.1) is 18.6 Å². The van der Waals surface area contributed by atoms with E-state index >= 15 is 0 Å². The molecule has 0 amide bonds. The number of benzene rings is 1. The third-order valence-electron chi connectivity index (χ3n) is 4.22. The average molecular weight is 304 g/mol. The minimum Gasteiger partial charge on any atom is -0.316 e. The molecule has 3 rings (SSSR count). The summed E-state index contributed by atoms with van der Waals surface area (Å²) in [5, 5.41) is 8.56. The molecule has 0 aliphatic carbocycles. The molecule has 6 heteroatoms. The van der Waals surface area contributed by atoms with Crippen LogP contribution in [0.2, 0.25) is 0 Å². The Bertz CT molecular complexity index is 661. The van der Waals surface area contributed by atoms with E-state index in [1.165, 1.54) is 43.5 Å². The molecule has 112 valence electrons. The molecule has 2 heterocycles. The van der Waals surface area contributed by atoms with Crippen LogP contribution < -0.4 is 4.90 Å². The Kier molecular flexibility index (Phi) is 4.17. The van der Waals surface area contributed by atoms with E-state index in [2.05, 4.69) is 42.5 Å². The van der Waals surface area contributed by atoms with Crippen LogP contribution in [0.4, 0.5) is 0 Å². The van der Waals surface area contributed by atoms with Crippen LogP contribution in [0.1, 0.15) is 30.4 Å². The number of aryl methyl sites for hydroxylation is 2. The normalized spacial score (nSPS) is 16.3. The monoisotopic (exact) mass is 304 g/mol. The topological polar surface area (TPSA) is 40.1 Å². The Hall–Kier alpha value is -1.53. The fourth-order valence-corrected chi connectivity index (χ4v) is 3.30. The van der Waals surface area contributed by atoms with Crippen molar-refractivity contribution in [1.82, 2.24) is 19.8 Å². The lowest BCUT2D eigenvalue weighted by molar-refractivity contribution is -0.928. The zero-order chi connectivity index (χ0) is 14.8. The first kappa shape index (κ1) is 14.4. The van der Waals surface area contributed by atoms with E-state index in [4.69, 9.17) is 12.2 Å². The summed E-state index contributed by atoms with van der Waals surface area (Å²) in [6.45, 7) is 7.40. The molecule has 0 radical (unpaired) electrons. The van der Waals surface area contributed by atoms with Gasteiger partial charge in [0.05, 0.1) is 18.8 Å². The molecule has 0 unspecified atom stereocenters. The van der Waals surface area contributed by atoms with Crippen molar-refractivity contribution in [2.45, 2.75) is 39.8 Å². The van der Waals surface area contributed by atoms with E-state index in [1.807, 2.05) is 4.68 Å². The van der Waals surface area contributed by atoms with Gasteiger partial charge in [-0.25, -0.2) is 0 Å². The van der Waals surface area contributed by atoms with Gasteiger partial charge in [-0.1, -0.05) is 18.2 Å². The van der Waals surface area contributed by atoms with Crippen LogP contribution in [0.5, 0.6) is 0 Å². The first-order valence-electron chi connectivity index (χ1n) is 7.60. The Morgan fingerprint density at radius 2 is 1.76 bits per heavy atom. The quantitative estimate of drug-likeness (QED) is 0.872. The molecule has 0 spiro atoms. The van der Waals surface area contributed by atoms with E-state index in [9.17, 15) is 0 Å². The molecule has 1 fully saturated rings. The smallest absolute Gasteiger partial charge is 0.225 e. The Balaban J connectivity index is 1.90. The van der Waals surface area contributed by atoms with Gasteiger partial charge in [0.25, 0.3) is 0 Å². The minimum atomic E-state index is 0.686. The number of hydrogen-bond donors (Lipinski definition) is 1. The summed E-state index contributed by atoms with van der Waals surface area (Å²) in [5.41, 5.74) is 3.40. The molecule has 1 aromatic heterocycles. The highest BCUT2D eigenvalue weighted by Crippen LogP contribution is 2.17. The fourth-order valence-electron chi connectivity index (χ4n) is 3.08. The van der Waals surface area contributed by atoms with Crippen LogP contribution in [-0.2, 0) is 6.67 Å². The van der Waals surface area contributed by atoms with Gasteiger partial charge in [0.1, 0.15) is 0 Å². The summed E-state index contributed by atoms with van der Waals surface area (Å²) in [7, 11) is 0. The van der Waals surface area contributed by atoms with E-state index < -0.39 is 0 Å². The molecular formula is C15H22N5S+. The van der Waals surface area contributed by atoms with Gasteiger partial charge in [-0.3, -0.25) is 0 Å². The second-order valence-corrected chi connectivity index (χ2v) is 6.25. The highest BCUT2D eigenvalue weighted by molar-refractivity contribution is 7.71. The summed E-state index contributed by atoms with van der Waals surface area (Å²) in [4.78, 5) is 1.55. The van der Waals surface area contributed by atoms with Gasteiger partial charge >= 0.3 is 0 Å². The molecule has 1 aliphatic rings. The van der Waals surface area contributed by atoms with Crippen LogP contribution in [-0.4, -0.2) is 32.9 Å². The lowest BCUT2D eigenvalue weighted by atomic mass is 10.1. The van der Waals surface area contributed by atoms with Crippen molar-refractivity contribution in [3.8, 4) is 5.69 Å². The van der Waals surface area contributed by atoms with Crippen LogP contribution in [0.15, 0.2) is 18.2 Å². The number of likely N-dealkylation sites (tertiary alicyclic amines) is 1. The van der Waals surface area contributed by atoms with Gasteiger partial charge in [0.2, 0.25) is 4.77 Å². The van der Waals surface area contributed by atoms with E-state index in [1.54, 1.807) is 9.58 Å². The van der Waals surface area contributed by atoms with Gasteiger partial charge in [0.15, 0.2) is 6.67 Å². The maximum absolute atomic E-state index is 5.58. The van der Waals surface area contributed by atoms with Gasteiger partial charge in [-0.2, -0.15) is 9.36 Å². The van der Waals surface area contributed by atoms with Crippen molar-refractivity contribution in [2.24, 2.45) is 0 Å². The number of tetrazole rings is 1. The molecule has 1 aliphatic heterocycles. The van der Waals surface area contributed by atoms with Gasteiger partial charge in [0, 0.05) is 0 Å². The molecule has 5 nitrogen and oxygen atoms in total. The molecule has 1 saturated heterocycles. The second-order valence-electron chi connectivity index (χ2n) is 5.88. The van der Waals surface area contributed by atoms with Crippen LogP contribution in [0.3, 0.4) is 0 Å². The first-order chi connectivity index (χ1) is 10.2. The summed E-state index contributed by atoms with van der Waals surface area (Å²) in [6.07, 6.45) is 3.95. The number of hydrogen-bond acceptors (Lipinski definition) is 3.